The Morgan fingerprint density at radius 2 is 1.63 bits per heavy atom. The molecule has 0 heterocycles. The summed E-state index contributed by atoms with van der Waals surface area (Å²) in [6.07, 6.45) is 0. The van der Waals surface area contributed by atoms with Gasteiger partial charge in [0.1, 0.15) is 0 Å². The number of rotatable bonds is 5. The molecule has 0 saturated carbocycles. The maximum atomic E-state index is 11.5. The fourth-order valence-corrected chi connectivity index (χ4v) is 2.28. The Morgan fingerprint density at radius 3 is 2.05 bits per heavy atom. The first kappa shape index (κ1) is 18.6. The third-order valence-electron chi connectivity index (χ3n) is 1.81. The maximum absolute atomic E-state index is 11.5. The SMILES string of the molecule is O=S(=O)([O-])N=Nc1ccc(S(=O)(=O)CCO)cc1.[Na+]. The fourth-order valence-electron chi connectivity index (χ4n) is 1.06. The molecule has 0 bridgehead atoms. The minimum Gasteiger partial charge on any atom is -0.728 e. The van der Waals surface area contributed by atoms with E-state index in [2.05, 4.69) is 9.63 Å². The van der Waals surface area contributed by atoms with E-state index >= 15 is 0 Å². The van der Waals surface area contributed by atoms with Crippen LogP contribution in [0.4, 0.5) is 5.69 Å². The summed E-state index contributed by atoms with van der Waals surface area (Å²) in [5, 5.41) is 11.7. The molecule has 0 aromatic heterocycles. The molecule has 0 saturated heterocycles. The third kappa shape index (κ3) is 6.56. The summed E-state index contributed by atoms with van der Waals surface area (Å²) in [7, 11) is -8.39. The molecule has 0 fully saturated rings. The molecule has 0 aliphatic rings. The van der Waals surface area contributed by atoms with Gasteiger partial charge in [0.2, 0.25) is 10.3 Å². The summed E-state index contributed by atoms with van der Waals surface area (Å²) >= 11 is 0. The molecule has 0 aliphatic carbocycles. The molecule has 0 spiro atoms. The number of aliphatic hydroxyl groups excluding tert-OH is 1. The molecule has 1 aromatic rings. The molecule has 0 unspecified atom stereocenters. The van der Waals surface area contributed by atoms with Crippen molar-refractivity contribution in [2.24, 2.45) is 9.63 Å². The summed E-state index contributed by atoms with van der Waals surface area (Å²) in [5.74, 6) is -0.414. The molecule has 11 heteroatoms. The minimum atomic E-state index is -4.81. The Morgan fingerprint density at radius 1 is 1.11 bits per heavy atom. The molecule has 8 nitrogen and oxygen atoms in total. The second kappa shape index (κ2) is 7.43. The Labute approximate surface area is 132 Å². The van der Waals surface area contributed by atoms with Crippen LogP contribution in [0.25, 0.3) is 0 Å². The van der Waals surface area contributed by atoms with Gasteiger partial charge in [0, 0.05) is 0 Å². The van der Waals surface area contributed by atoms with Gasteiger partial charge in [0.05, 0.1) is 22.9 Å². The monoisotopic (exact) mass is 316 g/mol. The van der Waals surface area contributed by atoms with Gasteiger partial charge < -0.3 is 9.66 Å². The van der Waals surface area contributed by atoms with Gasteiger partial charge in [-0.1, -0.05) is 4.52 Å². The Kier molecular flexibility index (Phi) is 7.29. The van der Waals surface area contributed by atoms with Crippen LogP contribution in [0.15, 0.2) is 38.8 Å². The molecule has 0 atom stereocenters. The van der Waals surface area contributed by atoms with E-state index in [1.54, 1.807) is 0 Å². The predicted molar refractivity (Wildman–Crippen MR) is 59.8 cm³/mol. The van der Waals surface area contributed by atoms with Crippen LogP contribution in [-0.2, 0) is 20.1 Å². The first-order chi connectivity index (χ1) is 8.24. The average Bonchev–Trinajstić information content (AvgIpc) is 2.26. The zero-order chi connectivity index (χ0) is 13.8. The van der Waals surface area contributed by atoms with E-state index in [4.69, 9.17) is 5.11 Å². The van der Waals surface area contributed by atoms with Crippen molar-refractivity contribution in [3.63, 3.8) is 0 Å². The van der Waals surface area contributed by atoms with E-state index in [0.717, 1.165) is 0 Å². The molecule has 1 rings (SSSR count). The van der Waals surface area contributed by atoms with E-state index in [9.17, 15) is 21.4 Å². The van der Waals surface area contributed by atoms with E-state index < -0.39 is 32.5 Å². The molecule has 0 aliphatic heterocycles. The van der Waals surface area contributed by atoms with Crippen LogP contribution in [0.2, 0.25) is 0 Å². The van der Waals surface area contributed by atoms with Crippen molar-refractivity contribution < 1.29 is 56.1 Å². The van der Waals surface area contributed by atoms with Gasteiger partial charge in [-0.3, -0.25) is 0 Å². The molecule has 100 valence electrons. The number of aliphatic hydroxyl groups is 1. The van der Waals surface area contributed by atoms with Crippen molar-refractivity contribution in [2.75, 3.05) is 12.4 Å². The van der Waals surface area contributed by atoms with Gasteiger partial charge in [0.25, 0.3) is 0 Å². The summed E-state index contributed by atoms with van der Waals surface area (Å²) in [6, 6.07) is 4.74. The summed E-state index contributed by atoms with van der Waals surface area (Å²) in [5.41, 5.74) is 0.0253. The molecule has 1 N–H and O–H groups in total. The molecular formula is C8H9N2NaO6S2. The maximum Gasteiger partial charge on any atom is 1.00 e. The zero-order valence-corrected chi connectivity index (χ0v) is 13.6. The van der Waals surface area contributed by atoms with Crippen LogP contribution in [0, 0.1) is 0 Å². The molecule has 0 amide bonds. The van der Waals surface area contributed by atoms with Gasteiger partial charge in [-0.2, -0.15) is 0 Å². The van der Waals surface area contributed by atoms with Crippen LogP contribution in [-0.4, -0.2) is 38.9 Å². The summed E-state index contributed by atoms with van der Waals surface area (Å²) in [6.45, 7) is -0.502. The first-order valence-corrected chi connectivity index (χ1v) is 7.59. The van der Waals surface area contributed by atoms with Gasteiger partial charge in [-0.15, -0.1) is 5.11 Å². The standard InChI is InChI=1S/C8H10N2O6S2.Na/c11-5-6-17(12,13)8-3-1-7(2-4-8)9-10-18(14,15)16;/h1-4,11H,5-6H2,(H,14,15,16);/q;+1/p-1. The summed E-state index contributed by atoms with van der Waals surface area (Å²) < 4.78 is 56.0. The quantitative estimate of drug-likeness (QED) is 0.349. The van der Waals surface area contributed by atoms with Crippen LogP contribution >= 0.6 is 0 Å². The van der Waals surface area contributed by atoms with Gasteiger partial charge in [0.15, 0.2) is 9.84 Å². The normalized spacial score (nSPS) is 12.3. The first-order valence-electron chi connectivity index (χ1n) is 4.57. The Balaban J connectivity index is 0.00000324. The fraction of sp³-hybridized carbons (Fsp3) is 0.250. The van der Waals surface area contributed by atoms with Crippen LogP contribution < -0.4 is 29.6 Å². The van der Waals surface area contributed by atoms with Crippen molar-refractivity contribution in [2.45, 2.75) is 4.90 Å². The van der Waals surface area contributed by atoms with Crippen molar-refractivity contribution in [1.82, 2.24) is 0 Å². The largest absolute Gasteiger partial charge is 1.00 e. The van der Waals surface area contributed by atoms with Crippen LogP contribution in [0.1, 0.15) is 0 Å². The van der Waals surface area contributed by atoms with E-state index in [1.807, 2.05) is 0 Å². The number of nitrogens with zero attached hydrogens (tertiary/aromatic N) is 2. The van der Waals surface area contributed by atoms with E-state index in [0.29, 0.717) is 0 Å². The predicted octanol–water partition coefficient (Wildman–Crippen LogP) is -3.00. The Bertz CT molecular complexity index is 638. The van der Waals surface area contributed by atoms with Crippen molar-refractivity contribution in [3.8, 4) is 0 Å². The number of hydrogen-bond donors (Lipinski definition) is 1. The second-order valence-corrected chi connectivity index (χ2v) is 6.27. The molecule has 0 radical (unpaired) electrons. The minimum absolute atomic E-state index is 0. The molecule has 1 aromatic carbocycles. The van der Waals surface area contributed by atoms with E-state index in [-0.39, 0.29) is 40.1 Å². The van der Waals surface area contributed by atoms with E-state index in [1.165, 1.54) is 24.3 Å². The van der Waals surface area contributed by atoms with Crippen molar-refractivity contribution in [3.05, 3.63) is 24.3 Å². The van der Waals surface area contributed by atoms with Gasteiger partial charge in [-0.25, -0.2) is 16.8 Å². The second-order valence-electron chi connectivity index (χ2n) is 3.15. The number of hydrogen-bond acceptors (Lipinski definition) is 7. The molecular weight excluding hydrogens is 307 g/mol. The number of benzene rings is 1. The topological polar surface area (TPSA) is 136 Å². The summed E-state index contributed by atoms with van der Waals surface area (Å²) in [4.78, 5) is -0.0412. The average molecular weight is 316 g/mol. The van der Waals surface area contributed by atoms with Crippen LogP contribution in [0.5, 0.6) is 0 Å². The van der Waals surface area contributed by atoms with Crippen molar-refractivity contribution in [1.29, 1.82) is 0 Å². The van der Waals surface area contributed by atoms with Crippen LogP contribution in [0.3, 0.4) is 0 Å². The number of sulfone groups is 1. The van der Waals surface area contributed by atoms with Gasteiger partial charge >= 0.3 is 29.6 Å². The Hall–Kier alpha value is -0.360. The smallest absolute Gasteiger partial charge is 0.728 e. The molecule has 19 heavy (non-hydrogen) atoms. The van der Waals surface area contributed by atoms with Gasteiger partial charge in [-0.05, 0) is 24.3 Å². The zero-order valence-electron chi connectivity index (χ0n) is 9.92. The third-order valence-corrected chi connectivity index (χ3v) is 3.80. The van der Waals surface area contributed by atoms with Crippen molar-refractivity contribution >= 4 is 25.8 Å².